The van der Waals surface area contributed by atoms with E-state index in [1.807, 2.05) is 39.8 Å². The van der Waals surface area contributed by atoms with Gasteiger partial charge in [-0.1, -0.05) is 39.8 Å². The van der Waals surface area contributed by atoms with Crippen LogP contribution in [-0.2, 0) is 19.1 Å². The van der Waals surface area contributed by atoms with Gasteiger partial charge in [0.25, 0.3) is 0 Å². The number of rotatable bonds is 12. The molecule has 0 saturated carbocycles. The summed E-state index contributed by atoms with van der Waals surface area (Å²) in [5, 5.41) is 5.33. The zero-order valence-electron chi connectivity index (χ0n) is 40.9. The number of amides is 4. The zero-order chi connectivity index (χ0) is 50.4. The Morgan fingerprint density at radius 1 is 0.577 bits per heavy atom. The van der Waals surface area contributed by atoms with Crippen LogP contribution in [0.3, 0.4) is 0 Å². The van der Waals surface area contributed by atoms with Crippen LogP contribution < -0.4 is 20.4 Å². The molecule has 0 radical (unpaired) electrons. The monoisotopic (exact) mass is 986 g/mol. The molecule has 0 bridgehead atoms. The molecule has 6 heterocycles. The van der Waals surface area contributed by atoms with Crippen LogP contribution in [0.25, 0.3) is 22.1 Å². The lowest BCUT2D eigenvalue weighted by molar-refractivity contribution is -0.136. The topological polar surface area (TPSA) is 181 Å². The maximum Gasteiger partial charge on any atom is 0.407 e. The number of imidazole rings is 2. The molecule has 5 aromatic rings. The molecular weight excluding hydrogens is 925 g/mol. The Labute approximate surface area is 409 Å². The third-order valence-electron chi connectivity index (χ3n) is 14.8. The lowest BCUT2D eigenvalue weighted by Gasteiger charge is -2.35. The standard InChI is InChI=1S/C51H62F4N10O6/c1-26(2)42(60-50(68)70-5)48(66)63-22-10-12-36(63)46-56-30-16-14-28(24-32(30)58-46)34-18-19-35(65(34)45-40(54)38(52)44(39(53)41(45)55)62-20-8-7-9-21-62)29-15-17-31-33(25-29)59-47(57-31)37-13-11-23-64(37)49(67)43(27(3)4)61-51(69)71-6/h14-17,24-27,34-37,42-43H,7-13,18-23H2,1-6H3,(H,56,58)(H,57,59)(H,60,68)(H,61,69)/t34-,35-,36+,37+,42-,43+/m1/s1. The smallest absolute Gasteiger partial charge is 0.407 e. The van der Waals surface area contributed by atoms with Crippen molar-refractivity contribution >= 4 is 57.4 Å². The van der Waals surface area contributed by atoms with Crippen LogP contribution in [0, 0.1) is 35.1 Å². The third kappa shape index (κ3) is 9.29. The van der Waals surface area contributed by atoms with E-state index in [-0.39, 0.29) is 36.7 Å². The summed E-state index contributed by atoms with van der Waals surface area (Å²) in [4.78, 5) is 75.0. The second-order valence-electron chi connectivity index (χ2n) is 19.9. The van der Waals surface area contributed by atoms with E-state index < -0.39 is 83.1 Å². The molecule has 4 aliphatic heterocycles. The SMILES string of the molecule is COC(=O)N[C@H](C(=O)N1CCC[C@H]1c1nc2ccc([C@H]3CC[C@H](c4ccc5nc([C@@H]6CCCN6C(=O)[C@H](NC(=O)OC)C(C)C)[nH]c5c4)N3c3c(F)c(F)c(N4CCCCC4)c(F)c3F)cc2[nH]1)C(C)C. The number of piperidine rings is 1. The Balaban J connectivity index is 1.07. The summed E-state index contributed by atoms with van der Waals surface area (Å²) >= 11 is 0. The van der Waals surface area contributed by atoms with E-state index in [2.05, 4.69) is 20.6 Å². The largest absolute Gasteiger partial charge is 0.453 e. The molecule has 0 unspecified atom stereocenters. The molecular formula is C51H62F4N10O6. The van der Waals surface area contributed by atoms with Crippen molar-refractivity contribution in [1.82, 2.24) is 40.4 Å². The van der Waals surface area contributed by atoms with E-state index in [1.54, 1.807) is 34.1 Å². The lowest BCUT2D eigenvalue weighted by atomic mass is 10.0. The van der Waals surface area contributed by atoms with E-state index in [0.29, 0.717) is 109 Å². The fraction of sp³-hybridized carbons (Fsp3) is 0.529. The fourth-order valence-electron chi connectivity index (χ4n) is 11.2. The van der Waals surface area contributed by atoms with Gasteiger partial charge in [-0.05, 0) is 105 Å². The molecule has 0 aliphatic carbocycles. The van der Waals surface area contributed by atoms with E-state index >= 15 is 17.6 Å². The van der Waals surface area contributed by atoms with Crippen molar-refractivity contribution < 1.29 is 46.2 Å². The summed E-state index contributed by atoms with van der Waals surface area (Å²) in [6.45, 7) is 8.80. The van der Waals surface area contributed by atoms with Gasteiger partial charge >= 0.3 is 12.2 Å². The van der Waals surface area contributed by atoms with Crippen LogP contribution in [0.1, 0.15) is 132 Å². The molecule has 9 rings (SSSR count). The van der Waals surface area contributed by atoms with Gasteiger partial charge < -0.3 is 49.7 Å². The number of methoxy groups -OCH3 is 2. The van der Waals surface area contributed by atoms with Gasteiger partial charge in [-0.15, -0.1) is 0 Å². The number of alkyl carbamates (subject to hydrolysis) is 2. The number of benzene rings is 3. The van der Waals surface area contributed by atoms with Gasteiger partial charge in [-0.25, -0.2) is 37.1 Å². The molecule has 2 aromatic heterocycles. The molecule has 6 atom stereocenters. The summed E-state index contributed by atoms with van der Waals surface area (Å²) in [6.07, 6.45) is 4.06. The predicted molar refractivity (Wildman–Crippen MR) is 257 cm³/mol. The molecule has 4 fully saturated rings. The highest BCUT2D eigenvalue weighted by Crippen LogP contribution is 2.51. The Bertz CT molecular complexity index is 2660. The van der Waals surface area contributed by atoms with Crippen molar-refractivity contribution in [3.8, 4) is 0 Å². The Morgan fingerprint density at radius 2 is 1.00 bits per heavy atom. The second-order valence-corrected chi connectivity index (χ2v) is 19.9. The maximum atomic E-state index is 16.9. The van der Waals surface area contributed by atoms with Crippen LogP contribution >= 0.6 is 0 Å². The average molecular weight is 987 g/mol. The molecule has 71 heavy (non-hydrogen) atoms. The van der Waals surface area contributed by atoms with Gasteiger partial charge in [-0.2, -0.15) is 0 Å². The Morgan fingerprint density at radius 3 is 1.41 bits per heavy atom. The number of carbonyl (C=O) groups excluding carboxylic acids is 4. The number of nitrogens with one attached hydrogen (secondary N) is 4. The van der Waals surface area contributed by atoms with Gasteiger partial charge in [0.2, 0.25) is 11.8 Å². The van der Waals surface area contributed by atoms with Gasteiger partial charge in [0.1, 0.15) is 35.1 Å². The van der Waals surface area contributed by atoms with Crippen molar-refractivity contribution in [2.24, 2.45) is 11.8 Å². The van der Waals surface area contributed by atoms with E-state index in [9.17, 15) is 19.2 Å². The van der Waals surface area contributed by atoms with Crippen molar-refractivity contribution in [1.29, 1.82) is 0 Å². The van der Waals surface area contributed by atoms with Gasteiger partial charge in [0.15, 0.2) is 23.3 Å². The van der Waals surface area contributed by atoms with Gasteiger partial charge in [0.05, 0.1) is 60.5 Å². The van der Waals surface area contributed by atoms with Crippen LogP contribution in [0.5, 0.6) is 0 Å². The minimum Gasteiger partial charge on any atom is -0.453 e. The Kier molecular flexibility index (Phi) is 14.1. The average Bonchev–Trinajstić information content (AvgIpc) is 4.23. The number of hydrogen-bond acceptors (Lipinski definition) is 10. The molecule has 4 N–H and O–H groups in total. The first-order chi connectivity index (χ1) is 34.1. The minimum atomic E-state index is -1.48. The normalized spacial score (nSPS) is 21.5. The van der Waals surface area contributed by atoms with Crippen LogP contribution in [0.2, 0.25) is 0 Å². The Hall–Kier alpha value is -6.60. The number of fused-ring (bicyclic) bond motifs is 2. The number of likely N-dealkylation sites (tertiary alicyclic amines) is 2. The first-order valence-corrected chi connectivity index (χ1v) is 24.8. The quantitative estimate of drug-likeness (QED) is 0.0696. The van der Waals surface area contributed by atoms with Crippen LogP contribution in [0.15, 0.2) is 36.4 Å². The molecule has 4 amide bonds. The number of ether oxygens (including phenoxy) is 2. The van der Waals surface area contributed by atoms with Crippen molar-refractivity contribution in [2.75, 3.05) is 50.2 Å². The highest BCUT2D eigenvalue weighted by molar-refractivity contribution is 5.88. The molecule has 4 aliphatic rings. The van der Waals surface area contributed by atoms with E-state index in [0.717, 1.165) is 6.42 Å². The number of H-pyrrole nitrogens is 2. The molecule has 4 saturated heterocycles. The van der Waals surface area contributed by atoms with Crippen molar-refractivity contribution in [2.45, 2.75) is 122 Å². The number of halogens is 4. The molecule has 0 spiro atoms. The summed E-state index contributed by atoms with van der Waals surface area (Å²) in [7, 11) is 2.48. The zero-order valence-corrected chi connectivity index (χ0v) is 40.9. The van der Waals surface area contributed by atoms with Crippen molar-refractivity contribution in [3.05, 3.63) is 82.4 Å². The summed E-state index contributed by atoms with van der Waals surface area (Å²) in [5.41, 5.74) is 2.10. The third-order valence-corrected chi connectivity index (χ3v) is 14.8. The van der Waals surface area contributed by atoms with Crippen LogP contribution in [0.4, 0.5) is 38.5 Å². The predicted octanol–water partition coefficient (Wildman–Crippen LogP) is 9.16. The lowest BCUT2D eigenvalue weighted by Crippen LogP contribution is -2.51. The highest BCUT2D eigenvalue weighted by Gasteiger charge is 2.44. The first kappa shape index (κ1) is 49.4. The van der Waals surface area contributed by atoms with Crippen LogP contribution in [-0.4, -0.2) is 106 Å². The molecule has 16 nitrogen and oxygen atoms in total. The van der Waals surface area contributed by atoms with Gasteiger partial charge in [0, 0.05) is 26.2 Å². The summed E-state index contributed by atoms with van der Waals surface area (Å²) < 4.78 is 76.4. The molecule has 20 heteroatoms. The van der Waals surface area contributed by atoms with E-state index in [1.165, 1.54) is 24.0 Å². The highest BCUT2D eigenvalue weighted by atomic mass is 19.2. The van der Waals surface area contributed by atoms with Gasteiger partial charge in [-0.3, -0.25) is 9.59 Å². The number of aromatic amines is 2. The summed E-state index contributed by atoms with van der Waals surface area (Å²) in [5.74, 6) is -5.74. The fourth-order valence-corrected chi connectivity index (χ4v) is 11.2. The number of aromatic nitrogens is 4. The maximum absolute atomic E-state index is 16.9. The van der Waals surface area contributed by atoms with Crippen molar-refractivity contribution in [3.63, 3.8) is 0 Å². The number of nitrogens with zero attached hydrogens (tertiary/aromatic N) is 6. The second kappa shape index (κ2) is 20.3. The number of anilines is 2. The number of hydrogen-bond donors (Lipinski definition) is 4. The molecule has 3 aromatic carbocycles. The molecule has 380 valence electrons. The van der Waals surface area contributed by atoms with E-state index in [4.69, 9.17) is 19.4 Å². The first-order valence-electron chi connectivity index (χ1n) is 24.8. The minimum absolute atomic E-state index is 0.224. The summed E-state index contributed by atoms with van der Waals surface area (Å²) in [6, 6.07) is 6.80. The number of carbonyl (C=O) groups is 4.